The van der Waals surface area contributed by atoms with Gasteiger partial charge in [-0.25, -0.2) is 0 Å². The first-order valence-corrected chi connectivity index (χ1v) is 8.63. The minimum atomic E-state index is 0.582. The van der Waals surface area contributed by atoms with E-state index in [9.17, 15) is 0 Å². The average molecular weight is 394 g/mol. The van der Waals surface area contributed by atoms with E-state index >= 15 is 0 Å². The van der Waals surface area contributed by atoms with Crippen molar-refractivity contribution in [3.63, 3.8) is 0 Å². The molecule has 0 unspecified atom stereocenters. The second-order valence-electron chi connectivity index (χ2n) is 5.24. The van der Waals surface area contributed by atoms with Crippen LogP contribution in [0, 0.1) is 0 Å². The van der Waals surface area contributed by atoms with Crippen LogP contribution in [0.1, 0.15) is 12.5 Å². The lowest BCUT2D eigenvalue weighted by Gasteiger charge is -2.19. The van der Waals surface area contributed by atoms with Crippen molar-refractivity contribution in [2.24, 2.45) is 0 Å². The summed E-state index contributed by atoms with van der Waals surface area (Å²) < 4.78 is 23.1. The molecule has 1 N–H and O–H groups in total. The largest absolute Gasteiger partial charge is 0.493 e. The third-order valence-corrected chi connectivity index (χ3v) is 4.40. The van der Waals surface area contributed by atoms with E-state index in [4.69, 9.17) is 18.9 Å². The highest BCUT2D eigenvalue weighted by molar-refractivity contribution is 9.10. The fourth-order valence-corrected chi connectivity index (χ4v) is 2.95. The van der Waals surface area contributed by atoms with Crippen molar-refractivity contribution in [3.8, 4) is 23.0 Å². The van der Waals surface area contributed by atoms with Crippen LogP contribution in [0.5, 0.6) is 23.0 Å². The van der Waals surface area contributed by atoms with Gasteiger partial charge in [-0.1, -0.05) is 15.9 Å². The quantitative estimate of drug-likeness (QED) is 0.794. The summed E-state index contributed by atoms with van der Waals surface area (Å²) in [5.74, 6) is 3.01. The van der Waals surface area contributed by atoms with Crippen molar-refractivity contribution >= 4 is 21.6 Å². The minimum absolute atomic E-state index is 0.582. The Morgan fingerprint density at radius 3 is 2.62 bits per heavy atom. The molecule has 128 valence electrons. The number of methoxy groups -OCH3 is 1. The number of hydrogen-bond acceptors (Lipinski definition) is 5. The van der Waals surface area contributed by atoms with Crippen LogP contribution in [-0.2, 0) is 6.54 Å². The zero-order valence-corrected chi connectivity index (χ0v) is 15.3. The van der Waals surface area contributed by atoms with Gasteiger partial charge in [-0.05, 0) is 36.8 Å². The summed E-state index contributed by atoms with van der Waals surface area (Å²) in [6.45, 7) is 4.36. The molecule has 6 heteroatoms. The summed E-state index contributed by atoms with van der Waals surface area (Å²) >= 11 is 3.59. The third-order valence-electron chi connectivity index (χ3n) is 3.66. The van der Waals surface area contributed by atoms with Gasteiger partial charge in [0.1, 0.15) is 13.2 Å². The molecular formula is C18H20BrNO4. The van der Waals surface area contributed by atoms with Crippen molar-refractivity contribution in [2.45, 2.75) is 13.5 Å². The van der Waals surface area contributed by atoms with Crippen LogP contribution in [0.15, 0.2) is 34.8 Å². The Morgan fingerprint density at radius 1 is 1.08 bits per heavy atom. The number of benzene rings is 2. The van der Waals surface area contributed by atoms with E-state index in [0.717, 1.165) is 33.0 Å². The van der Waals surface area contributed by atoms with Crippen LogP contribution in [0.3, 0.4) is 0 Å². The molecule has 0 saturated carbocycles. The van der Waals surface area contributed by atoms with Gasteiger partial charge in [0, 0.05) is 22.8 Å². The topological polar surface area (TPSA) is 49.0 Å². The summed E-state index contributed by atoms with van der Waals surface area (Å²) in [5.41, 5.74) is 2.05. The number of anilines is 1. The first-order valence-electron chi connectivity index (χ1n) is 7.84. The highest BCUT2D eigenvalue weighted by atomic mass is 79.9. The lowest BCUT2D eigenvalue weighted by Crippen LogP contribution is -2.15. The van der Waals surface area contributed by atoms with E-state index < -0.39 is 0 Å². The number of fused-ring (bicyclic) bond motifs is 1. The monoisotopic (exact) mass is 393 g/mol. The number of rotatable bonds is 6. The Labute approximate surface area is 150 Å². The Balaban J connectivity index is 1.75. The summed E-state index contributed by atoms with van der Waals surface area (Å²) in [6, 6.07) is 9.76. The van der Waals surface area contributed by atoms with E-state index in [0.29, 0.717) is 32.1 Å². The molecule has 0 aliphatic carbocycles. The van der Waals surface area contributed by atoms with Gasteiger partial charge in [-0.2, -0.15) is 0 Å². The molecule has 2 aromatic carbocycles. The van der Waals surface area contributed by atoms with Gasteiger partial charge in [0.2, 0.25) is 0 Å². The van der Waals surface area contributed by atoms with E-state index in [2.05, 4.69) is 21.2 Å². The normalized spacial score (nSPS) is 12.6. The maximum atomic E-state index is 5.64. The lowest BCUT2D eigenvalue weighted by atomic mass is 10.2. The van der Waals surface area contributed by atoms with E-state index in [1.807, 2.05) is 37.3 Å². The Hall–Kier alpha value is -2.08. The fraction of sp³-hybridized carbons (Fsp3) is 0.333. The predicted molar refractivity (Wildman–Crippen MR) is 96.6 cm³/mol. The first kappa shape index (κ1) is 16.8. The average Bonchev–Trinajstić information content (AvgIpc) is 2.61. The molecule has 0 atom stereocenters. The van der Waals surface area contributed by atoms with E-state index in [1.165, 1.54) is 0 Å². The van der Waals surface area contributed by atoms with Crippen molar-refractivity contribution < 1.29 is 18.9 Å². The molecule has 24 heavy (non-hydrogen) atoms. The van der Waals surface area contributed by atoms with Crippen LogP contribution < -0.4 is 24.3 Å². The van der Waals surface area contributed by atoms with Gasteiger partial charge in [0.25, 0.3) is 0 Å². The molecule has 3 rings (SSSR count). The first-order chi connectivity index (χ1) is 11.7. The number of hydrogen-bond donors (Lipinski definition) is 1. The SMILES string of the molecule is CCOc1cc(CNc2ccc3c(c2)OCCO3)c(Br)cc1OC. The maximum absolute atomic E-state index is 5.64. The van der Waals surface area contributed by atoms with Gasteiger partial charge in [0.15, 0.2) is 23.0 Å². The van der Waals surface area contributed by atoms with E-state index in [1.54, 1.807) is 7.11 Å². The molecule has 0 amide bonds. The molecule has 1 aliphatic heterocycles. The van der Waals surface area contributed by atoms with Crippen LogP contribution >= 0.6 is 15.9 Å². The molecular weight excluding hydrogens is 374 g/mol. The molecule has 0 bridgehead atoms. The molecule has 0 radical (unpaired) electrons. The molecule has 5 nitrogen and oxygen atoms in total. The Morgan fingerprint density at radius 2 is 1.88 bits per heavy atom. The summed E-state index contributed by atoms with van der Waals surface area (Å²) in [5, 5.41) is 3.40. The van der Waals surface area contributed by atoms with Crippen LogP contribution in [0.4, 0.5) is 5.69 Å². The predicted octanol–water partition coefficient (Wildman–Crippen LogP) is 4.24. The second kappa shape index (κ2) is 7.66. The second-order valence-corrected chi connectivity index (χ2v) is 6.09. The third kappa shape index (κ3) is 3.70. The summed E-state index contributed by atoms with van der Waals surface area (Å²) in [6.07, 6.45) is 0. The smallest absolute Gasteiger partial charge is 0.163 e. The molecule has 2 aromatic rings. The fourth-order valence-electron chi connectivity index (χ4n) is 2.49. The van der Waals surface area contributed by atoms with Gasteiger partial charge in [-0.3, -0.25) is 0 Å². The van der Waals surface area contributed by atoms with Gasteiger partial charge >= 0.3 is 0 Å². The van der Waals surface area contributed by atoms with Crippen LogP contribution in [-0.4, -0.2) is 26.9 Å². The maximum Gasteiger partial charge on any atom is 0.163 e. The number of ether oxygens (including phenoxy) is 4. The highest BCUT2D eigenvalue weighted by Crippen LogP contribution is 2.35. The number of halogens is 1. The van der Waals surface area contributed by atoms with Gasteiger partial charge in [-0.15, -0.1) is 0 Å². The van der Waals surface area contributed by atoms with Crippen molar-refractivity contribution in [3.05, 3.63) is 40.4 Å². The molecule has 0 aromatic heterocycles. The molecule has 1 aliphatic rings. The Kier molecular flexibility index (Phi) is 5.35. The molecule has 0 saturated heterocycles. The summed E-state index contributed by atoms with van der Waals surface area (Å²) in [4.78, 5) is 0. The zero-order chi connectivity index (χ0) is 16.9. The standard InChI is InChI=1S/C18H20BrNO4/c1-3-22-17-8-12(14(19)10-16(17)21-2)11-20-13-4-5-15-18(9-13)24-7-6-23-15/h4-5,8-10,20H,3,6-7,11H2,1-2H3. The molecule has 0 spiro atoms. The lowest BCUT2D eigenvalue weighted by molar-refractivity contribution is 0.171. The van der Waals surface area contributed by atoms with Crippen molar-refractivity contribution in [1.29, 1.82) is 0 Å². The molecule has 1 heterocycles. The van der Waals surface area contributed by atoms with Crippen molar-refractivity contribution in [1.82, 2.24) is 0 Å². The minimum Gasteiger partial charge on any atom is -0.493 e. The zero-order valence-electron chi connectivity index (χ0n) is 13.7. The molecule has 0 fully saturated rings. The Bertz CT molecular complexity index is 720. The highest BCUT2D eigenvalue weighted by Gasteiger charge is 2.13. The van der Waals surface area contributed by atoms with Gasteiger partial charge in [0.05, 0.1) is 13.7 Å². The van der Waals surface area contributed by atoms with Crippen LogP contribution in [0.2, 0.25) is 0 Å². The van der Waals surface area contributed by atoms with Crippen molar-refractivity contribution in [2.75, 3.05) is 32.2 Å². The summed E-state index contributed by atoms with van der Waals surface area (Å²) in [7, 11) is 1.64. The van der Waals surface area contributed by atoms with Crippen LogP contribution in [0.25, 0.3) is 0 Å². The van der Waals surface area contributed by atoms with Gasteiger partial charge < -0.3 is 24.3 Å². The van der Waals surface area contributed by atoms with E-state index in [-0.39, 0.29) is 0 Å². The number of nitrogens with one attached hydrogen (secondary N) is 1.